The molecule has 0 spiro atoms. The van der Waals surface area contributed by atoms with Crippen molar-refractivity contribution in [2.45, 2.75) is 18.8 Å². The zero-order valence-corrected chi connectivity index (χ0v) is 11.7. The lowest BCUT2D eigenvalue weighted by atomic mass is 10.00. The van der Waals surface area contributed by atoms with Crippen LogP contribution in [0.1, 0.15) is 33.1 Å². The highest BCUT2D eigenvalue weighted by molar-refractivity contribution is 6.01. The van der Waals surface area contributed by atoms with Crippen LogP contribution in [0.5, 0.6) is 0 Å². The number of carbonyl (C=O) groups excluding carboxylic acids is 1. The van der Waals surface area contributed by atoms with E-state index in [0.29, 0.717) is 5.56 Å². The Morgan fingerprint density at radius 1 is 1.26 bits per heavy atom. The second-order valence-corrected chi connectivity index (χ2v) is 5.09. The van der Waals surface area contributed by atoms with Crippen LogP contribution in [0.4, 0.5) is 13.2 Å². The monoisotopic (exact) mass is 317 g/mol. The second-order valence-electron chi connectivity index (χ2n) is 5.09. The summed E-state index contributed by atoms with van der Waals surface area (Å²) in [7, 11) is 0. The van der Waals surface area contributed by atoms with Crippen molar-refractivity contribution < 1.29 is 18.0 Å². The van der Waals surface area contributed by atoms with Crippen molar-refractivity contribution in [1.29, 1.82) is 5.26 Å². The van der Waals surface area contributed by atoms with Crippen LogP contribution < -0.4 is 0 Å². The Kier molecular flexibility index (Phi) is 3.52. The Bertz CT molecular complexity index is 796. The van der Waals surface area contributed by atoms with Crippen molar-refractivity contribution >= 4 is 5.91 Å². The van der Waals surface area contributed by atoms with E-state index in [1.807, 2.05) is 6.07 Å². The predicted octanol–water partition coefficient (Wildman–Crippen LogP) is 3.32. The zero-order chi connectivity index (χ0) is 16.6. The molecule has 2 aromatic rings. The van der Waals surface area contributed by atoms with Crippen molar-refractivity contribution in [3.8, 4) is 6.07 Å². The summed E-state index contributed by atoms with van der Waals surface area (Å²) < 4.78 is 39.4. The highest BCUT2D eigenvalue weighted by Gasteiger charge is 2.44. The van der Waals surface area contributed by atoms with Crippen LogP contribution in [0.3, 0.4) is 0 Å². The SMILES string of the molecule is N#CC1c2cccc(C(F)(F)F)c2C(=O)N1Cc1cccnc1. The second kappa shape index (κ2) is 5.39. The molecule has 7 heteroatoms. The van der Waals surface area contributed by atoms with Crippen molar-refractivity contribution in [2.75, 3.05) is 0 Å². The van der Waals surface area contributed by atoms with Gasteiger partial charge in [0, 0.05) is 24.5 Å². The fourth-order valence-corrected chi connectivity index (χ4v) is 2.69. The lowest BCUT2D eigenvalue weighted by Crippen LogP contribution is -2.27. The first-order valence-corrected chi connectivity index (χ1v) is 6.73. The van der Waals surface area contributed by atoms with Crippen LogP contribution in [0.2, 0.25) is 0 Å². The van der Waals surface area contributed by atoms with E-state index < -0.39 is 29.3 Å². The number of aromatic nitrogens is 1. The molecule has 0 radical (unpaired) electrons. The first-order valence-electron chi connectivity index (χ1n) is 6.73. The van der Waals surface area contributed by atoms with Crippen LogP contribution >= 0.6 is 0 Å². The largest absolute Gasteiger partial charge is 0.417 e. The summed E-state index contributed by atoms with van der Waals surface area (Å²) in [5.41, 5.74) is -0.706. The van der Waals surface area contributed by atoms with Gasteiger partial charge in [-0.15, -0.1) is 0 Å². The van der Waals surface area contributed by atoms with E-state index in [2.05, 4.69) is 4.98 Å². The maximum Gasteiger partial charge on any atom is 0.417 e. The molecule has 1 aromatic carbocycles. The molecule has 23 heavy (non-hydrogen) atoms. The first-order chi connectivity index (χ1) is 10.9. The number of carbonyl (C=O) groups is 1. The van der Waals surface area contributed by atoms with Gasteiger partial charge in [0.25, 0.3) is 5.91 Å². The molecule has 0 saturated carbocycles. The number of benzene rings is 1. The smallest absolute Gasteiger partial charge is 0.314 e. The summed E-state index contributed by atoms with van der Waals surface area (Å²) in [6.07, 6.45) is -1.59. The molecule has 1 aromatic heterocycles. The topological polar surface area (TPSA) is 57.0 Å². The van der Waals surface area contributed by atoms with Gasteiger partial charge in [-0.3, -0.25) is 9.78 Å². The molecule has 1 amide bonds. The van der Waals surface area contributed by atoms with Gasteiger partial charge in [-0.05, 0) is 17.7 Å². The molecule has 0 bridgehead atoms. The molecule has 0 saturated heterocycles. The van der Waals surface area contributed by atoms with Gasteiger partial charge in [0.1, 0.15) is 6.04 Å². The number of pyridine rings is 1. The number of rotatable bonds is 2. The van der Waals surface area contributed by atoms with Crippen molar-refractivity contribution in [1.82, 2.24) is 9.88 Å². The third-order valence-corrected chi connectivity index (χ3v) is 3.68. The number of nitriles is 1. The maximum absolute atomic E-state index is 13.1. The minimum atomic E-state index is -4.65. The molecule has 0 fully saturated rings. The quantitative estimate of drug-likeness (QED) is 0.854. The third-order valence-electron chi connectivity index (χ3n) is 3.68. The minimum absolute atomic E-state index is 0.0247. The number of hydrogen-bond acceptors (Lipinski definition) is 3. The number of hydrogen-bond donors (Lipinski definition) is 0. The molecular formula is C16H10F3N3O. The van der Waals surface area contributed by atoms with Crippen LogP contribution in [0, 0.1) is 11.3 Å². The van der Waals surface area contributed by atoms with Crippen LogP contribution in [-0.4, -0.2) is 15.8 Å². The maximum atomic E-state index is 13.1. The summed E-state index contributed by atoms with van der Waals surface area (Å²) in [6, 6.07) is 7.69. The standard InChI is InChI=1S/C16H10F3N3O/c17-16(18,19)12-5-1-4-11-13(7-20)22(15(23)14(11)12)9-10-3-2-6-21-8-10/h1-6,8,13H,9H2. The van der Waals surface area contributed by atoms with Crippen LogP contribution in [-0.2, 0) is 12.7 Å². The van der Waals surface area contributed by atoms with Gasteiger partial charge < -0.3 is 4.90 Å². The van der Waals surface area contributed by atoms with Crippen molar-refractivity contribution in [3.63, 3.8) is 0 Å². The average molecular weight is 317 g/mol. The molecule has 2 heterocycles. The molecule has 1 atom stereocenters. The molecule has 1 aliphatic heterocycles. The van der Waals surface area contributed by atoms with E-state index in [1.54, 1.807) is 18.3 Å². The van der Waals surface area contributed by atoms with Gasteiger partial charge in [-0.2, -0.15) is 18.4 Å². The molecule has 0 aliphatic carbocycles. The van der Waals surface area contributed by atoms with E-state index in [0.717, 1.165) is 11.0 Å². The van der Waals surface area contributed by atoms with E-state index in [9.17, 15) is 23.2 Å². The minimum Gasteiger partial charge on any atom is -0.314 e. The van der Waals surface area contributed by atoms with E-state index in [1.165, 1.54) is 18.3 Å². The van der Waals surface area contributed by atoms with Crippen LogP contribution in [0.25, 0.3) is 0 Å². The zero-order valence-electron chi connectivity index (χ0n) is 11.7. The molecule has 0 N–H and O–H groups in total. The summed E-state index contributed by atoms with van der Waals surface area (Å²) >= 11 is 0. The Morgan fingerprint density at radius 3 is 2.65 bits per heavy atom. The molecule has 4 nitrogen and oxygen atoms in total. The highest BCUT2D eigenvalue weighted by atomic mass is 19.4. The van der Waals surface area contributed by atoms with Gasteiger partial charge in [-0.1, -0.05) is 18.2 Å². The summed E-state index contributed by atoms with van der Waals surface area (Å²) in [5.74, 6) is -0.789. The normalized spacial score (nSPS) is 17.0. The molecule has 1 aliphatic rings. The van der Waals surface area contributed by atoms with Crippen molar-refractivity contribution in [3.05, 3.63) is 65.0 Å². The number of alkyl halides is 3. The summed E-state index contributed by atoms with van der Waals surface area (Å²) in [5, 5.41) is 9.33. The van der Waals surface area contributed by atoms with E-state index in [4.69, 9.17) is 0 Å². The molecule has 3 rings (SSSR count). The van der Waals surface area contributed by atoms with Gasteiger partial charge >= 0.3 is 6.18 Å². The Hall–Kier alpha value is -2.88. The van der Waals surface area contributed by atoms with Crippen molar-refractivity contribution in [2.24, 2.45) is 0 Å². The van der Waals surface area contributed by atoms with Crippen LogP contribution in [0.15, 0.2) is 42.7 Å². The Labute approximate surface area is 129 Å². The van der Waals surface area contributed by atoms with E-state index >= 15 is 0 Å². The highest BCUT2D eigenvalue weighted by Crippen LogP contribution is 2.41. The fourth-order valence-electron chi connectivity index (χ4n) is 2.69. The lowest BCUT2D eigenvalue weighted by Gasteiger charge is -2.19. The number of nitrogens with zero attached hydrogens (tertiary/aromatic N) is 3. The number of fused-ring (bicyclic) bond motifs is 1. The van der Waals surface area contributed by atoms with Gasteiger partial charge in [0.15, 0.2) is 0 Å². The Balaban J connectivity index is 2.06. The number of halogens is 3. The fraction of sp³-hybridized carbons (Fsp3) is 0.188. The summed E-state index contributed by atoms with van der Waals surface area (Å²) in [6.45, 7) is 0.0247. The van der Waals surface area contributed by atoms with E-state index in [-0.39, 0.29) is 12.1 Å². The Morgan fingerprint density at radius 2 is 2.04 bits per heavy atom. The molecular weight excluding hydrogens is 307 g/mol. The lowest BCUT2D eigenvalue weighted by molar-refractivity contribution is -0.137. The third kappa shape index (κ3) is 2.52. The summed E-state index contributed by atoms with van der Waals surface area (Å²) in [4.78, 5) is 17.5. The predicted molar refractivity (Wildman–Crippen MR) is 73.9 cm³/mol. The van der Waals surface area contributed by atoms with Gasteiger partial charge in [0.2, 0.25) is 0 Å². The molecule has 116 valence electrons. The van der Waals surface area contributed by atoms with Gasteiger partial charge in [0.05, 0.1) is 17.2 Å². The molecule has 1 unspecified atom stereocenters. The average Bonchev–Trinajstić information content (AvgIpc) is 2.79. The number of amides is 1. The van der Waals surface area contributed by atoms with Gasteiger partial charge in [-0.25, -0.2) is 0 Å². The first kappa shape index (κ1) is 15.0.